The summed E-state index contributed by atoms with van der Waals surface area (Å²) in [7, 11) is 0. The summed E-state index contributed by atoms with van der Waals surface area (Å²) in [6.07, 6.45) is 3.23. The molecule has 3 aromatic carbocycles. The van der Waals surface area contributed by atoms with E-state index in [0.717, 1.165) is 16.9 Å². The van der Waals surface area contributed by atoms with Gasteiger partial charge in [-0.25, -0.2) is 0 Å². The van der Waals surface area contributed by atoms with E-state index in [2.05, 4.69) is 10.6 Å². The van der Waals surface area contributed by atoms with Gasteiger partial charge >= 0.3 is 0 Å². The van der Waals surface area contributed by atoms with E-state index < -0.39 is 0 Å². The van der Waals surface area contributed by atoms with E-state index in [1.165, 1.54) is 11.6 Å². The first-order valence-corrected chi connectivity index (χ1v) is 8.65. The van der Waals surface area contributed by atoms with E-state index >= 15 is 0 Å². The van der Waals surface area contributed by atoms with Crippen LogP contribution in [0, 0.1) is 6.92 Å². The predicted molar refractivity (Wildman–Crippen MR) is 110 cm³/mol. The molecule has 3 nitrogen and oxygen atoms in total. The molecular weight excluding hydrogens is 344 g/mol. The lowest BCUT2D eigenvalue weighted by atomic mass is 10.2. The van der Waals surface area contributed by atoms with Gasteiger partial charge in [-0.05, 0) is 55.0 Å². The van der Waals surface area contributed by atoms with Crippen molar-refractivity contribution in [3.05, 3.63) is 95.0 Å². The fourth-order valence-corrected chi connectivity index (χ4v) is 2.65. The number of anilines is 3. The fourth-order valence-electron chi connectivity index (χ4n) is 2.45. The number of carbonyl (C=O) groups excluding carboxylic acids is 1. The summed E-state index contributed by atoms with van der Waals surface area (Å²) in [5, 5.41) is 6.87. The molecule has 130 valence electrons. The molecule has 0 radical (unpaired) electrons. The smallest absolute Gasteiger partial charge is 0.248 e. The number of hydrogen-bond acceptors (Lipinski definition) is 2. The second-order valence-electron chi connectivity index (χ2n) is 5.91. The molecule has 0 spiro atoms. The van der Waals surface area contributed by atoms with Crippen molar-refractivity contribution < 1.29 is 4.79 Å². The minimum Gasteiger partial charge on any atom is -0.354 e. The molecule has 0 bridgehead atoms. The average molecular weight is 363 g/mol. The quantitative estimate of drug-likeness (QED) is 0.543. The third kappa shape index (κ3) is 4.98. The minimum absolute atomic E-state index is 0.205. The van der Waals surface area contributed by atoms with Crippen molar-refractivity contribution in [2.45, 2.75) is 6.92 Å². The number of hydrogen-bond donors (Lipinski definition) is 2. The number of nitrogens with one attached hydrogen (secondary N) is 2. The van der Waals surface area contributed by atoms with Gasteiger partial charge in [0.05, 0.1) is 11.4 Å². The van der Waals surface area contributed by atoms with Crippen molar-refractivity contribution in [2.24, 2.45) is 0 Å². The van der Waals surface area contributed by atoms with Crippen LogP contribution >= 0.6 is 11.6 Å². The molecular formula is C22H19ClN2O. The predicted octanol–water partition coefficient (Wildman–Crippen LogP) is 6.04. The summed E-state index contributed by atoms with van der Waals surface area (Å²) < 4.78 is 0. The van der Waals surface area contributed by atoms with Crippen LogP contribution in [0.2, 0.25) is 5.02 Å². The van der Waals surface area contributed by atoms with Gasteiger partial charge in [0, 0.05) is 16.8 Å². The highest BCUT2D eigenvalue weighted by Gasteiger charge is 2.05. The number of rotatable bonds is 5. The molecule has 0 aliphatic heterocycles. The van der Waals surface area contributed by atoms with E-state index in [4.69, 9.17) is 11.6 Å². The van der Waals surface area contributed by atoms with Crippen LogP contribution in [-0.4, -0.2) is 5.91 Å². The zero-order valence-corrected chi connectivity index (χ0v) is 15.1. The summed E-state index contributed by atoms with van der Waals surface area (Å²) in [6, 6.07) is 23.0. The summed E-state index contributed by atoms with van der Waals surface area (Å²) in [5.74, 6) is -0.205. The van der Waals surface area contributed by atoms with Gasteiger partial charge in [-0.1, -0.05) is 53.6 Å². The van der Waals surface area contributed by atoms with E-state index in [1.54, 1.807) is 18.2 Å². The van der Waals surface area contributed by atoms with Crippen LogP contribution in [-0.2, 0) is 4.79 Å². The SMILES string of the molecule is Cc1ccc(Nc2ccccc2NC(=O)/C=C/c2cccc(Cl)c2)cc1. The number of halogens is 1. The van der Waals surface area contributed by atoms with Crippen LogP contribution in [0.15, 0.2) is 78.9 Å². The number of carbonyl (C=O) groups is 1. The van der Waals surface area contributed by atoms with Gasteiger partial charge in [-0.15, -0.1) is 0 Å². The average Bonchev–Trinajstić information content (AvgIpc) is 2.64. The molecule has 3 rings (SSSR count). The molecule has 0 fully saturated rings. The minimum atomic E-state index is -0.205. The fraction of sp³-hybridized carbons (Fsp3) is 0.0455. The van der Waals surface area contributed by atoms with Crippen molar-refractivity contribution in [1.82, 2.24) is 0 Å². The van der Waals surface area contributed by atoms with Crippen LogP contribution in [0.5, 0.6) is 0 Å². The molecule has 0 saturated carbocycles. The molecule has 26 heavy (non-hydrogen) atoms. The summed E-state index contributed by atoms with van der Waals surface area (Å²) in [5.41, 5.74) is 4.59. The van der Waals surface area contributed by atoms with Gasteiger partial charge in [0.15, 0.2) is 0 Å². The number of amides is 1. The molecule has 2 N–H and O–H groups in total. The highest BCUT2D eigenvalue weighted by molar-refractivity contribution is 6.30. The van der Waals surface area contributed by atoms with Gasteiger partial charge in [-0.3, -0.25) is 4.79 Å². The molecule has 0 aliphatic carbocycles. The van der Waals surface area contributed by atoms with Crippen LogP contribution in [0.3, 0.4) is 0 Å². The number of para-hydroxylation sites is 2. The molecule has 1 amide bonds. The lowest BCUT2D eigenvalue weighted by molar-refractivity contribution is -0.111. The van der Waals surface area contributed by atoms with Gasteiger partial charge in [0.25, 0.3) is 0 Å². The van der Waals surface area contributed by atoms with E-state index in [-0.39, 0.29) is 5.91 Å². The van der Waals surface area contributed by atoms with Gasteiger partial charge in [0.1, 0.15) is 0 Å². The molecule has 0 heterocycles. The Balaban J connectivity index is 1.71. The Hall–Kier alpha value is -3.04. The molecule has 0 saturated heterocycles. The van der Waals surface area contributed by atoms with Crippen LogP contribution < -0.4 is 10.6 Å². The zero-order chi connectivity index (χ0) is 18.4. The van der Waals surface area contributed by atoms with Crippen LogP contribution in [0.25, 0.3) is 6.08 Å². The lowest BCUT2D eigenvalue weighted by Crippen LogP contribution is -2.09. The number of benzene rings is 3. The first-order chi connectivity index (χ1) is 12.6. The number of aryl methyl sites for hydroxylation is 1. The van der Waals surface area contributed by atoms with E-state index in [9.17, 15) is 4.79 Å². The Morgan fingerprint density at radius 2 is 1.65 bits per heavy atom. The van der Waals surface area contributed by atoms with E-state index in [0.29, 0.717) is 10.7 Å². The normalized spacial score (nSPS) is 10.7. The molecule has 0 unspecified atom stereocenters. The summed E-state index contributed by atoms with van der Waals surface area (Å²) in [6.45, 7) is 2.05. The van der Waals surface area contributed by atoms with Crippen LogP contribution in [0.1, 0.15) is 11.1 Å². The Morgan fingerprint density at radius 3 is 2.38 bits per heavy atom. The first-order valence-electron chi connectivity index (χ1n) is 8.27. The van der Waals surface area contributed by atoms with Crippen molar-refractivity contribution in [3.63, 3.8) is 0 Å². The van der Waals surface area contributed by atoms with Crippen molar-refractivity contribution >= 4 is 40.6 Å². The molecule has 0 atom stereocenters. The monoisotopic (exact) mass is 362 g/mol. The topological polar surface area (TPSA) is 41.1 Å². The molecule has 4 heteroatoms. The Bertz CT molecular complexity index is 933. The zero-order valence-electron chi connectivity index (χ0n) is 14.4. The lowest BCUT2D eigenvalue weighted by Gasteiger charge is -2.12. The van der Waals surface area contributed by atoms with Gasteiger partial charge in [-0.2, -0.15) is 0 Å². The molecule has 0 aromatic heterocycles. The van der Waals surface area contributed by atoms with Crippen molar-refractivity contribution in [1.29, 1.82) is 0 Å². The maximum atomic E-state index is 12.3. The third-order valence-corrected chi connectivity index (χ3v) is 4.03. The first kappa shape index (κ1) is 17.8. The second-order valence-corrected chi connectivity index (χ2v) is 6.35. The van der Waals surface area contributed by atoms with Crippen LogP contribution in [0.4, 0.5) is 17.1 Å². The maximum Gasteiger partial charge on any atom is 0.248 e. The Labute approximate surface area is 158 Å². The second kappa shape index (κ2) is 8.37. The van der Waals surface area contributed by atoms with Crippen molar-refractivity contribution in [2.75, 3.05) is 10.6 Å². The molecule has 0 aliphatic rings. The van der Waals surface area contributed by atoms with E-state index in [1.807, 2.05) is 67.6 Å². The highest BCUT2D eigenvalue weighted by Crippen LogP contribution is 2.25. The largest absolute Gasteiger partial charge is 0.354 e. The molecule has 3 aromatic rings. The van der Waals surface area contributed by atoms with Crippen molar-refractivity contribution in [3.8, 4) is 0 Å². The summed E-state index contributed by atoms with van der Waals surface area (Å²) >= 11 is 5.95. The summed E-state index contributed by atoms with van der Waals surface area (Å²) in [4.78, 5) is 12.3. The standard InChI is InChI=1S/C22H19ClN2O/c1-16-9-12-19(13-10-16)24-20-7-2-3-8-21(20)25-22(26)14-11-17-5-4-6-18(23)15-17/h2-15,24H,1H3,(H,25,26)/b14-11+. The van der Waals surface area contributed by atoms with Gasteiger partial charge < -0.3 is 10.6 Å². The van der Waals surface area contributed by atoms with Gasteiger partial charge in [0.2, 0.25) is 5.91 Å². The highest BCUT2D eigenvalue weighted by atomic mass is 35.5. The third-order valence-electron chi connectivity index (χ3n) is 3.79. The maximum absolute atomic E-state index is 12.3. The Kier molecular flexibility index (Phi) is 5.72. The Morgan fingerprint density at radius 1 is 0.923 bits per heavy atom.